The highest BCUT2D eigenvalue weighted by Crippen LogP contribution is 2.05. The second-order valence-corrected chi connectivity index (χ2v) is 6.91. The molecule has 1 aromatic heterocycles. The Hall–Kier alpha value is -2.66. The van der Waals surface area contributed by atoms with Crippen LogP contribution in [-0.4, -0.2) is 66.6 Å². The van der Waals surface area contributed by atoms with Crippen molar-refractivity contribution in [2.24, 2.45) is 4.99 Å². The average molecular weight is 378 g/mol. The highest BCUT2D eigenvalue weighted by molar-refractivity contribution is 5.80. The van der Waals surface area contributed by atoms with Crippen LogP contribution in [0.3, 0.4) is 0 Å². The van der Waals surface area contributed by atoms with Gasteiger partial charge in [0.25, 0.3) is 0 Å². The van der Waals surface area contributed by atoms with Crippen molar-refractivity contribution in [2.75, 3.05) is 45.8 Å². The molecule has 28 heavy (non-hydrogen) atoms. The van der Waals surface area contributed by atoms with E-state index in [9.17, 15) is 0 Å². The summed E-state index contributed by atoms with van der Waals surface area (Å²) in [4.78, 5) is 14.1. The van der Waals surface area contributed by atoms with Crippen molar-refractivity contribution in [1.29, 1.82) is 0 Å². The molecule has 2 aromatic rings. The van der Waals surface area contributed by atoms with Gasteiger partial charge in [-0.3, -0.25) is 14.9 Å². The molecule has 1 fully saturated rings. The molecule has 3 rings (SSSR count). The Morgan fingerprint density at radius 1 is 1.07 bits per heavy atom. The van der Waals surface area contributed by atoms with Gasteiger partial charge in [-0.05, 0) is 24.6 Å². The van der Waals surface area contributed by atoms with Gasteiger partial charge in [0.05, 0.1) is 0 Å². The van der Waals surface area contributed by atoms with Gasteiger partial charge in [0.15, 0.2) is 5.96 Å². The summed E-state index contributed by atoms with van der Waals surface area (Å²) in [7, 11) is 0. The molecule has 0 saturated carbocycles. The summed E-state index contributed by atoms with van der Waals surface area (Å²) in [5.74, 6) is 1.03. The third-order valence-corrected chi connectivity index (χ3v) is 4.84. The highest BCUT2D eigenvalue weighted by atomic mass is 15.3. The molecule has 1 aromatic carbocycles. The Bertz CT molecular complexity index is 734. The van der Waals surface area contributed by atoms with Crippen LogP contribution in [0.5, 0.6) is 0 Å². The molecule has 148 valence electrons. The molecule has 5 heteroatoms. The smallest absolute Gasteiger partial charge is 0.194 e. The predicted octanol–water partition coefficient (Wildman–Crippen LogP) is 2.92. The minimum atomic E-state index is 0.763. The molecule has 0 spiro atoms. The second kappa shape index (κ2) is 11.2. The molecule has 0 radical (unpaired) electrons. The van der Waals surface area contributed by atoms with Gasteiger partial charge in [-0.1, -0.05) is 48.6 Å². The summed E-state index contributed by atoms with van der Waals surface area (Å²) in [6, 6.07) is 16.5. The standard InChI is InChI=1S/C23H31N5/c1-2-24-23(26-15-13-22-12-6-7-14-25-22)28-19-17-27(18-20-28)16-8-11-21-9-4-3-5-10-21/h3-12,14H,2,13,15-20H2,1H3,(H,24,26)/b11-8+. The first-order valence-electron chi connectivity index (χ1n) is 10.2. The van der Waals surface area contributed by atoms with E-state index in [0.29, 0.717) is 0 Å². The lowest BCUT2D eigenvalue weighted by molar-refractivity contribution is 0.194. The Morgan fingerprint density at radius 2 is 1.86 bits per heavy atom. The first kappa shape index (κ1) is 20.1. The molecular formula is C23H31N5. The zero-order valence-corrected chi connectivity index (χ0v) is 16.8. The molecule has 0 amide bonds. The van der Waals surface area contributed by atoms with E-state index in [-0.39, 0.29) is 0 Å². The monoisotopic (exact) mass is 377 g/mol. The molecule has 1 aliphatic rings. The lowest BCUT2D eigenvalue weighted by atomic mass is 10.2. The lowest BCUT2D eigenvalue weighted by Gasteiger charge is -2.36. The zero-order chi connectivity index (χ0) is 19.4. The topological polar surface area (TPSA) is 43.8 Å². The van der Waals surface area contributed by atoms with E-state index < -0.39 is 0 Å². The number of guanidine groups is 1. The van der Waals surface area contributed by atoms with Crippen LogP contribution in [0.1, 0.15) is 18.2 Å². The van der Waals surface area contributed by atoms with E-state index >= 15 is 0 Å². The van der Waals surface area contributed by atoms with Crippen molar-refractivity contribution < 1.29 is 0 Å². The number of hydrogen-bond donors (Lipinski definition) is 1. The number of hydrogen-bond acceptors (Lipinski definition) is 3. The summed E-state index contributed by atoms with van der Waals surface area (Å²) in [6.07, 6.45) is 7.18. The maximum absolute atomic E-state index is 4.82. The van der Waals surface area contributed by atoms with Crippen molar-refractivity contribution in [3.63, 3.8) is 0 Å². The predicted molar refractivity (Wildman–Crippen MR) is 117 cm³/mol. The lowest BCUT2D eigenvalue weighted by Crippen LogP contribution is -2.52. The van der Waals surface area contributed by atoms with Gasteiger partial charge >= 0.3 is 0 Å². The van der Waals surface area contributed by atoms with Crippen molar-refractivity contribution in [1.82, 2.24) is 20.1 Å². The number of nitrogens with zero attached hydrogens (tertiary/aromatic N) is 4. The van der Waals surface area contributed by atoms with Crippen LogP contribution in [0.2, 0.25) is 0 Å². The fraction of sp³-hybridized carbons (Fsp3) is 0.391. The van der Waals surface area contributed by atoms with Crippen LogP contribution in [0.25, 0.3) is 6.08 Å². The first-order valence-corrected chi connectivity index (χ1v) is 10.2. The Balaban J connectivity index is 1.45. The SMILES string of the molecule is CCNC(=NCCc1ccccn1)N1CCN(C/C=C/c2ccccc2)CC1. The van der Waals surface area contributed by atoms with Gasteiger partial charge < -0.3 is 10.2 Å². The van der Waals surface area contributed by atoms with E-state index in [4.69, 9.17) is 4.99 Å². The Labute approximate surface area is 168 Å². The van der Waals surface area contributed by atoms with Crippen molar-refractivity contribution in [3.05, 3.63) is 72.1 Å². The molecule has 0 atom stereocenters. The van der Waals surface area contributed by atoms with E-state index in [1.807, 2.05) is 18.3 Å². The molecule has 2 heterocycles. The van der Waals surface area contributed by atoms with Crippen LogP contribution in [0, 0.1) is 0 Å². The van der Waals surface area contributed by atoms with Gasteiger partial charge in [-0.15, -0.1) is 0 Å². The second-order valence-electron chi connectivity index (χ2n) is 6.91. The van der Waals surface area contributed by atoms with Gasteiger partial charge in [-0.2, -0.15) is 0 Å². The number of aliphatic imine (C=N–C) groups is 1. The summed E-state index contributed by atoms with van der Waals surface area (Å²) in [5.41, 5.74) is 2.35. The number of pyridine rings is 1. The van der Waals surface area contributed by atoms with Gasteiger partial charge in [-0.25, -0.2) is 0 Å². The average Bonchev–Trinajstić information content (AvgIpc) is 2.75. The quantitative estimate of drug-likeness (QED) is 0.595. The van der Waals surface area contributed by atoms with Gasteiger partial charge in [0, 0.05) is 64.1 Å². The zero-order valence-electron chi connectivity index (χ0n) is 16.8. The summed E-state index contributed by atoms with van der Waals surface area (Å²) >= 11 is 0. The maximum Gasteiger partial charge on any atom is 0.194 e. The van der Waals surface area contributed by atoms with E-state index in [2.05, 4.69) is 75.6 Å². The van der Waals surface area contributed by atoms with Crippen LogP contribution in [-0.2, 0) is 6.42 Å². The van der Waals surface area contributed by atoms with E-state index in [1.165, 1.54) is 5.56 Å². The molecule has 0 unspecified atom stereocenters. The molecule has 1 N–H and O–H groups in total. The molecule has 1 aliphatic heterocycles. The number of rotatable bonds is 7. The van der Waals surface area contributed by atoms with Crippen molar-refractivity contribution in [2.45, 2.75) is 13.3 Å². The number of aromatic nitrogens is 1. The van der Waals surface area contributed by atoms with Crippen LogP contribution < -0.4 is 5.32 Å². The van der Waals surface area contributed by atoms with Gasteiger partial charge in [0.2, 0.25) is 0 Å². The summed E-state index contributed by atoms with van der Waals surface area (Å²) in [5, 5.41) is 3.44. The Kier molecular flexibility index (Phi) is 8.07. The maximum atomic E-state index is 4.82. The summed E-state index contributed by atoms with van der Waals surface area (Å²) < 4.78 is 0. The minimum absolute atomic E-state index is 0.763. The van der Waals surface area contributed by atoms with Crippen molar-refractivity contribution in [3.8, 4) is 0 Å². The van der Waals surface area contributed by atoms with Crippen molar-refractivity contribution >= 4 is 12.0 Å². The molecule has 1 saturated heterocycles. The largest absolute Gasteiger partial charge is 0.357 e. The fourth-order valence-electron chi connectivity index (χ4n) is 3.29. The fourth-order valence-corrected chi connectivity index (χ4v) is 3.29. The molecule has 0 bridgehead atoms. The van der Waals surface area contributed by atoms with Crippen LogP contribution in [0.4, 0.5) is 0 Å². The molecular weight excluding hydrogens is 346 g/mol. The van der Waals surface area contributed by atoms with Crippen LogP contribution in [0.15, 0.2) is 65.8 Å². The number of nitrogens with one attached hydrogen (secondary N) is 1. The third-order valence-electron chi connectivity index (χ3n) is 4.84. The third kappa shape index (κ3) is 6.50. The minimum Gasteiger partial charge on any atom is -0.357 e. The first-order chi connectivity index (χ1) is 13.8. The Morgan fingerprint density at radius 3 is 2.57 bits per heavy atom. The molecule has 5 nitrogen and oxygen atoms in total. The van der Waals surface area contributed by atoms with Gasteiger partial charge in [0.1, 0.15) is 0 Å². The summed E-state index contributed by atoms with van der Waals surface area (Å²) in [6.45, 7) is 8.91. The van der Waals surface area contributed by atoms with E-state index in [0.717, 1.165) is 63.9 Å². The molecule has 0 aliphatic carbocycles. The highest BCUT2D eigenvalue weighted by Gasteiger charge is 2.18. The number of piperazine rings is 1. The van der Waals surface area contributed by atoms with E-state index in [1.54, 1.807) is 0 Å². The van der Waals surface area contributed by atoms with Crippen LogP contribution >= 0.6 is 0 Å². The normalized spacial score (nSPS) is 15.9. The number of benzene rings is 1.